The van der Waals surface area contributed by atoms with Crippen LogP contribution in [-0.2, 0) is 9.59 Å². The molecule has 3 N–H and O–H groups in total. The minimum atomic E-state index is -0.307. The number of nitrogens with zero attached hydrogens (tertiary/aromatic N) is 1. The Morgan fingerprint density at radius 1 is 1.27 bits per heavy atom. The van der Waals surface area contributed by atoms with Crippen LogP contribution in [0.5, 0.6) is 5.75 Å². The summed E-state index contributed by atoms with van der Waals surface area (Å²) in [6.45, 7) is 1.08. The summed E-state index contributed by atoms with van der Waals surface area (Å²) >= 11 is 0. The standard InChI is InChI=1S/C16H23N3O3/c17-10-13-6-4-5-9-19(13)16(21)11-18-15(20)12-22-14-7-2-1-3-8-14/h1-3,7-8,13H,4-6,9-12,17H2,(H,18,20). The number of amides is 2. The number of ether oxygens (including phenoxy) is 1. The fraction of sp³-hybridized carbons (Fsp3) is 0.500. The molecule has 1 aliphatic heterocycles. The second kappa shape index (κ2) is 8.38. The summed E-state index contributed by atoms with van der Waals surface area (Å²) in [5.41, 5.74) is 5.70. The van der Waals surface area contributed by atoms with E-state index in [1.54, 1.807) is 17.0 Å². The fourth-order valence-electron chi connectivity index (χ4n) is 2.57. The number of carbonyl (C=O) groups is 2. The van der Waals surface area contributed by atoms with Crippen LogP contribution in [0.1, 0.15) is 19.3 Å². The lowest BCUT2D eigenvalue weighted by Crippen LogP contribution is -2.51. The van der Waals surface area contributed by atoms with Crippen LogP contribution in [0.3, 0.4) is 0 Å². The van der Waals surface area contributed by atoms with Crippen LogP contribution in [0, 0.1) is 0 Å². The van der Waals surface area contributed by atoms with Gasteiger partial charge in [-0.3, -0.25) is 9.59 Å². The van der Waals surface area contributed by atoms with Crippen molar-refractivity contribution in [2.75, 3.05) is 26.2 Å². The molecule has 1 aromatic rings. The molecule has 1 fully saturated rings. The van der Waals surface area contributed by atoms with Crippen LogP contribution in [0.15, 0.2) is 30.3 Å². The second-order valence-corrected chi connectivity index (χ2v) is 5.35. The van der Waals surface area contributed by atoms with Gasteiger partial charge < -0.3 is 20.7 Å². The van der Waals surface area contributed by atoms with Gasteiger partial charge in [0.1, 0.15) is 5.75 Å². The third-order valence-electron chi connectivity index (χ3n) is 3.77. The number of piperidine rings is 1. The Morgan fingerprint density at radius 2 is 2.05 bits per heavy atom. The van der Waals surface area contributed by atoms with Crippen LogP contribution in [0.4, 0.5) is 0 Å². The van der Waals surface area contributed by atoms with E-state index in [1.807, 2.05) is 18.2 Å². The van der Waals surface area contributed by atoms with Crippen molar-refractivity contribution >= 4 is 11.8 Å². The van der Waals surface area contributed by atoms with Crippen molar-refractivity contribution in [2.45, 2.75) is 25.3 Å². The fourth-order valence-corrected chi connectivity index (χ4v) is 2.57. The van der Waals surface area contributed by atoms with Crippen molar-refractivity contribution in [1.82, 2.24) is 10.2 Å². The van der Waals surface area contributed by atoms with Gasteiger partial charge in [-0.15, -0.1) is 0 Å². The zero-order chi connectivity index (χ0) is 15.8. The molecular weight excluding hydrogens is 282 g/mol. The molecule has 0 spiro atoms. The number of hydrogen-bond donors (Lipinski definition) is 2. The Labute approximate surface area is 130 Å². The molecule has 0 aliphatic carbocycles. The topological polar surface area (TPSA) is 84.7 Å². The number of para-hydroxylation sites is 1. The van der Waals surface area contributed by atoms with Crippen LogP contribution < -0.4 is 15.8 Å². The van der Waals surface area contributed by atoms with Crippen molar-refractivity contribution in [2.24, 2.45) is 5.73 Å². The number of carbonyl (C=O) groups excluding carboxylic acids is 2. The molecule has 1 aliphatic rings. The van der Waals surface area contributed by atoms with Gasteiger partial charge in [-0.25, -0.2) is 0 Å². The highest BCUT2D eigenvalue weighted by atomic mass is 16.5. The average molecular weight is 305 g/mol. The van der Waals surface area contributed by atoms with E-state index >= 15 is 0 Å². The first-order valence-electron chi connectivity index (χ1n) is 7.65. The monoisotopic (exact) mass is 305 g/mol. The van der Waals surface area contributed by atoms with Crippen molar-refractivity contribution in [3.63, 3.8) is 0 Å². The lowest BCUT2D eigenvalue weighted by molar-refractivity contribution is -0.136. The highest BCUT2D eigenvalue weighted by Crippen LogP contribution is 2.15. The summed E-state index contributed by atoms with van der Waals surface area (Å²) in [4.78, 5) is 25.7. The first kappa shape index (κ1) is 16.3. The predicted octanol–water partition coefficient (Wildman–Crippen LogP) is 0.521. The molecule has 1 unspecified atom stereocenters. The third-order valence-corrected chi connectivity index (χ3v) is 3.77. The smallest absolute Gasteiger partial charge is 0.258 e. The summed E-state index contributed by atoms with van der Waals surface area (Å²) in [6.07, 6.45) is 3.03. The Hall–Kier alpha value is -2.08. The molecule has 1 atom stereocenters. The molecule has 2 rings (SSSR count). The zero-order valence-corrected chi connectivity index (χ0v) is 12.7. The van der Waals surface area contributed by atoms with Gasteiger partial charge in [-0.1, -0.05) is 18.2 Å². The first-order chi connectivity index (χ1) is 10.7. The Balaban J connectivity index is 1.72. The number of benzene rings is 1. The number of likely N-dealkylation sites (tertiary alicyclic amines) is 1. The molecule has 120 valence electrons. The van der Waals surface area contributed by atoms with Crippen molar-refractivity contribution in [3.8, 4) is 5.75 Å². The molecule has 2 amide bonds. The molecular formula is C16H23N3O3. The molecule has 0 radical (unpaired) electrons. The summed E-state index contributed by atoms with van der Waals surface area (Å²) in [7, 11) is 0. The Bertz CT molecular complexity index is 493. The van der Waals surface area contributed by atoms with E-state index in [-0.39, 0.29) is 31.0 Å². The van der Waals surface area contributed by atoms with Crippen LogP contribution in [0.25, 0.3) is 0 Å². The van der Waals surface area contributed by atoms with Crippen molar-refractivity contribution in [3.05, 3.63) is 30.3 Å². The van der Waals surface area contributed by atoms with E-state index in [0.29, 0.717) is 12.3 Å². The summed E-state index contributed by atoms with van der Waals surface area (Å²) in [5.74, 6) is 0.241. The van der Waals surface area contributed by atoms with Gasteiger partial charge in [0.05, 0.1) is 6.54 Å². The molecule has 1 saturated heterocycles. The number of rotatable bonds is 6. The van der Waals surface area contributed by atoms with Gasteiger partial charge >= 0.3 is 0 Å². The molecule has 6 nitrogen and oxygen atoms in total. The van der Waals surface area contributed by atoms with Gasteiger partial charge in [-0.05, 0) is 31.4 Å². The maximum Gasteiger partial charge on any atom is 0.258 e. The normalized spacial score (nSPS) is 17.9. The third kappa shape index (κ3) is 4.73. The maximum absolute atomic E-state index is 12.2. The van der Waals surface area contributed by atoms with Crippen molar-refractivity contribution < 1.29 is 14.3 Å². The van der Waals surface area contributed by atoms with E-state index < -0.39 is 0 Å². The van der Waals surface area contributed by atoms with E-state index in [4.69, 9.17) is 10.5 Å². The highest BCUT2D eigenvalue weighted by molar-refractivity contribution is 5.85. The lowest BCUT2D eigenvalue weighted by atomic mass is 10.0. The minimum Gasteiger partial charge on any atom is -0.484 e. The average Bonchev–Trinajstić information content (AvgIpc) is 2.58. The van der Waals surface area contributed by atoms with E-state index in [1.165, 1.54) is 0 Å². The summed E-state index contributed by atoms with van der Waals surface area (Å²) < 4.78 is 5.33. The van der Waals surface area contributed by atoms with Gasteiger partial charge in [0.15, 0.2) is 6.61 Å². The Morgan fingerprint density at radius 3 is 2.77 bits per heavy atom. The van der Waals surface area contributed by atoms with Gasteiger partial charge in [-0.2, -0.15) is 0 Å². The van der Waals surface area contributed by atoms with E-state index in [9.17, 15) is 9.59 Å². The van der Waals surface area contributed by atoms with Crippen molar-refractivity contribution in [1.29, 1.82) is 0 Å². The molecule has 0 saturated carbocycles. The van der Waals surface area contributed by atoms with E-state index in [0.717, 1.165) is 25.8 Å². The zero-order valence-electron chi connectivity index (χ0n) is 12.7. The molecule has 22 heavy (non-hydrogen) atoms. The maximum atomic E-state index is 12.2. The van der Waals surface area contributed by atoms with E-state index in [2.05, 4.69) is 5.32 Å². The van der Waals surface area contributed by atoms with Crippen LogP contribution in [0.2, 0.25) is 0 Å². The first-order valence-corrected chi connectivity index (χ1v) is 7.65. The van der Waals surface area contributed by atoms with Gasteiger partial charge in [0.25, 0.3) is 5.91 Å². The molecule has 1 aromatic carbocycles. The minimum absolute atomic E-state index is 0.00647. The Kier molecular flexibility index (Phi) is 6.21. The van der Waals surface area contributed by atoms with Crippen LogP contribution >= 0.6 is 0 Å². The lowest BCUT2D eigenvalue weighted by Gasteiger charge is -2.35. The predicted molar refractivity (Wildman–Crippen MR) is 83.4 cm³/mol. The number of hydrogen-bond acceptors (Lipinski definition) is 4. The highest BCUT2D eigenvalue weighted by Gasteiger charge is 2.25. The molecule has 0 bridgehead atoms. The second-order valence-electron chi connectivity index (χ2n) is 5.35. The summed E-state index contributed by atoms with van der Waals surface area (Å²) in [6, 6.07) is 9.19. The quantitative estimate of drug-likeness (QED) is 0.802. The van der Waals surface area contributed by atoms with Gasteiger partial charge in [0.2, 0.25) is 5.91 Å². The molecule has 0 aromatic heterocycles. The number of nitrogens with two attached hydrogens (primary N) is 1. The van der Waals surface area contributed by atoms with Crippen LogP contribution in [-0.4, -0.2) is 49.0 Å². The summed E-state index contributed by atoms with van der Waals surface area (Å²) in [5, 5.41) is 2.60. The number of nitrogens with one attached hydrogen (secondary N) is 1. The molecule has 6 heteroatoms. The SMILES string of the molecule is NCC1CCCCN1C(=O)CNC(=O)COc1ccccc1. The largest absolute Gasteiger partial charge is 0.484 e. The molecule has 1 heterocycles. The van der Waals surface area contributed by atoms with Gasteiger partial charge in [0, 0.05) is 19.1 Å².